The summed E-state index contributed by atoms with van der Waals surface area (Å²) < 4.78 is 3.33. The first-order chi connectivity index (χ1) is 12.9. The maximum Gasteiger partial charge on any atom is 2.00 e. The molecule has 0 amide bonds. The molecule has 28 heavy (non-hydrogen) atoms. The fraction of sp³-hybridized carbons (Fsp3) is 0.238. The van der Waals surface area contributed by atoms with Crippen LogP contribution in [0.15, 0.2) is 48.5 Å². The number of aromatic nitrogens is 6. The number of pyridine rings is 2. The van der Waals surface area contributed by atoms with Crippen LogP contribution in [0.3, 0.4) is 0 Å². The zero-order valence-corrected chi connectivity index (χ0v) is 18.4. The van der Waals surface area contributed by atoms with Gasteiger partial charge in [0.1, 0.15) is 0 Å². The van der Waals surface area contributed by atoms with E-state index in [9.17, 15) is 0 Å². The molecule has 144 valence electrons. The summed E-state index contributed by atoms with van der Waals surface area (Å²) >= 11 is 0. The average molecular weight is 552 g/mol. The van der Waals surface area contributed by atoms with E-state index in [4.69, 9.17) is 9.97 Å². The Morgan fingerprint density at radius 3 is 1.54 bits per heavy atom. The third-order valence-electron chi connectivity index (χ3n) is 4.49. The molecular weight excluding hydrogens is 531 g/mol. The minimum absolute atomic E-state index is 0. The van der Waals surface area contributed by atoms with E-state index >= 15 is 0 Å². The van der Waals surface area contributed by atoms with Crippen molar-refractivity contribution >= 4 is 0 Å². The summed E-state index contributed by atoms with van der Waals surface area (Å²) in [6, 6.07) is 15.5. The van der Waals surface area contributed by atoms with Crippen LogP contribution in [-0.4, -0.2) is 29.5 Å². The molecule has 0 atom stereocenters. The Hall–Kier alpha value is -2.59. The number of rotatable bonds is 4. The first-order valence-electron chi connectivity index (χ1n) is 8.78. The zero-order chi connectivity index (χ0) is 19.0. The summed E-state index contributed by atoms with van der Waals surface area (Å²) in [5.41, 5.74) is 3.23. The van der Waals surface area contributed by atoms with Crippen LogP contribution in [0.1, 0.15) is 36.6 Å². The summed E-state index contributed by atoms with van der Waals surface area (Å²) in [5, 5.41) is 8.80. The molecule has 4 heterocycles. The second-order valence-electron chi connectivity index (χ2n) is 7.04. The Labute approximate surface area is 178 Å². The maximum absolute atomic E-state index is 4.81. The molecule has 6 nitrogen and oxygen atoms in total. The Kier molecular flexibility index (Phi) is 5.61. The van der Waals surface area contributed by atoms with Crippen molar-refractivity contribution in [3.8, 4) is 11.6 Å². The van der Waals surface area contributed by atoms with Gasteiger partial charge in [0, 0.05) is 16.8 Å². The van der Waals surface area contributed by atoms with Gasteiger partial charge in [-0.05, 0) is 37.4 Å². The summed E-state index contributed by atoms with van der Waals surface area (Å²) in [6.45, 7) is 8.09. The normalized spacial score (nSPS) is 11.3. The Balaban J connectivity index is 0.00000225. The molecule has 4 aromatic heterocycles. The topological polar surface area (TPSA) is 61.4 Å². The van der Waals surface area contributed by atoms with Crippen LogP contribution < -0.4 is 0 Å². The van der Waals surface area contributed by atoms with Gasteiger partial charge in [0.15, 0.2) is 0 Å². The standard InChI is InChI=1S/C21H20N6.Pt/c1-15-11-13-26(24-15)19-9-5-7-17(22-19)21(3,4)18-8-6-10-20(23-18)27-14-12-16(2)25-27;/h5-12H,1-4H3;/q-2;+2. The molecule has 0 saturated carbocycles. The maximum atomic E-state index is 4.81. The van der Waals surface area contributed by atoms with Crippen molar-refractivity contribution in [2.45, 2.75) is 33.1 Å². The van der Waals surface area contributed by atoms with E-state index in [0.29, 0.717) is 0 Å². The third kappa shape index (κ3) is 3.83. The van der Waals surface area contributed by atoms with Crippen LogP contribution in [0, 0.1) is 26.2 Å². The van der Waals surface area contributed by atoms with Gasteiger partial charge in [0.05, 0.1) is 11.6 Å². The van der Waals surface area contributed by atoms with Crippen LogP contribution >= 0.6 is 0 Å². The van der Waals surface area contributed by atoms with Gasteiger partial charge < -0.3 is 9.36 Å². The molecule has 0 fully saturated rings. The van der Waals surface area contributed by atoms with Gasteiger partial charge in [-0.1, -0.05) is 50.5 Å². The van der Waals surface area contributed by atoms with E-state index in [0.717, 1.165) is 34.4 Å². The average Bonchev–Trinajstić information content (AvgIpc) is 3.30. The molecule has 4 rings (SSSR count). The first-order valence-corrected chi connectivity index (χ1v) is 8.78. The van der Waals surface area contributed by atoms with E-state index in [2.05, 4.69) is 36.4 Å². The van der Waals surface area contributed by atoms with E-state index in [-0.39, 0.29) is 21.1 Å². The fourth-order valence-electron chi connectivity index (χ4n) is 2.88. The van der Waals surface area contributed by atoms with Crippen molar-refractivity contribution in [3.05, 3.63) is 83.7 Å². The van der Waals surface area contributed by atoms with E-state index < -0.39 is 5.41 Å². The quantitative estimate of drug-likeness (QED) is 0.365. The van der Waals surface area contributed by atoms with Gasteiger partial charge in [0.2, 0.25) is 0 Å². The molecule has 0 aliphatic heterocycles. The number of nitrogens with zero attached hydrogens (tertiary/aromatic N) is 6. The van der Waals surface area contributed by atoms with Crippen molar-refractivity contribution in [2.24, 2.45) is 0 Å². The predicted molar refractivity (Wildman–Crippen MR) is 102 cm³/mol. The van der Waals surface area contributed by atoms with Crippen LogP contribution in [0.25, 0.3) is 11.6 Å². The Bertz CT molecular complexity index is 1010. The van der Waals surface area contributed by atoms with Crippen molar-refractivity contribution in [3.63, 3.8) is 0 Å². The fourth-order valence-corrected chi connectivity index (χ4v) is 2.88. The molecule has 0 aliphatic carbocycles. The molecule has 0 saturated heterocycles. The van der Waals surface area contributed by atoms with Gasteiger partial charge in [-0.2, -0.15) is 0 Å². The summed E-state index contributed by atoms with van der Waals surface area (Å²) in [6.07, 6.45) is 6.17. The van der Waals surface area contributed by atoms with Crippen molar-refractivity contribution in [2.75, 3.05) is 0 Å². The third-order valence-corrected chi connectivity index (χ3v) is 4.49. The second kappa shape index (κ2) is 7.80. The van der Waals surface area contributed by atoms with Crippen molar-refractivity contribution in [1.29, 1.82) is 0 Å². The van der Waals surface area contributed by atoms with Gasteiger partial charge in [-0.3, -0.25) is 20.2 Å². The molecule has 0 aliphatic rings. The van der Waals surface area contributed by atoms with Gasteiger partial charge in [-0.25, -0.2) is 0 Å². The van der Waals surface area contributed by atoms with Crippen molar-refractivity contribution < 1.29 is 21.1 Å². The molecule has 0 N–H and O–H groups in total. The zero-order valence-electron chi connectivity index (χ0n) is 16.1. The van der Waals surface area contributed by atoms with Crippen LogP contribution in [0.5, 0.6) is 0 Å². The van der Waals surface area contributed by atoms with E-state index in [1.54, 1.807) is 9.36 Å². The molecule has 0 unspecified atom stereocenters. The molecule has 4 aromatic rings. The minimum atomic E-state index is -0.392. The number of hydrogen-bond donors (Lipinski definition) is 0. The summed E-state index contributed by atoms with van der Waals surface area (Å²) in [5.74, 6) is 1.47. The SMILES string of the molecule is Cc1c[c-]n(-c2cccc(C(C)(C)c3cccc(-n4[c-]cc(C)n4)n3)n2)n1.[Pt+2]. The van der Waals surface area contributed by atoms with E-state index in [1.165, 1.54) is 0 Å². The second-order valence-corrected chi connectivity index (χ2v) is 7.04. The van der Waals surface area contributed by atoms with E-state index in [1.807, 2.05) is 62.4 Å². The molecular formula is C21H20N6Pt. The molecule has 0 spiro atoms. The summed E-state index contributed by atoms with van der Waals surface area (Å²) in [4.78, 5) is 9.62. The minimum Gasteiger partial charge on any atom is -0.343 e. The van der Waals surface area contributed by atoms with Crippen LogP contribution in [0.4, 0.5) is 0 Å². The summed E-state index contributed by atoms with van der Waals surface area (Å²) in [7, 11) is 0. The molecule has 0 bridgehead atoms. The van der Waals surface area contributed by atoms with Gasteiger partial charge in [0.25, 0.3) is 0 Å². The smallest absolute Gasteiger partial charge is 0.343 e. The molecule has 7 heteroatoms. The van der Waals surface area contributed by atoms with Crippen LogP contribution in [-0.2, 0) is 26.5 Å². The van der Waals surface area contributed by atoms with Gasteiger partial charge in [-0.15, -0.1) is 12.1 Å². The Morgan fingerprint density at radius 1 is 0.750 bits per heavy atom. The largest absolute Gasteiger partial charge is 2.00 e. The monoisotopic (exact) mass is 551 g/mol. The predicted octanol–water partition coefficient (Wildman–Crippen LogP) is 3.39. The molecule has 0 aromatic carbocycles. The number of aryl methyl sites for hydroxylation is 2. The van der Waals surface area contributed by atoms with Crippen LogP contribution in [0.2, 0.25) is 0 Å². The molecule has 0 radical (unpaired) electrons. The Morgan fingerprint density at radius 2 is 1.18 bits per heavy atom. The van der Waals surface area contributed by atoms with Crippen molar-refractivity contribution in [1.82, 2.24) is 29.5 Å². The first kappa shape index (κ1) is 20.2. The van der Waals surface area contributed by atoms with Gasteiger partial charge >= 0.3 is 21.1 Å². The number of hydrogen-bond acceptors (Lipinski definition) is 4.